The van der Waals surface area contributed by atoms with Gasteiger partial charge in [-0.3, -0.25) is 4.79 Å². The Labute approximate surface area is 90.9 Å². The third-order valence-corrected chi connectivity index (χ3v) is 2.82. The van der Waals surface area contributed by atoms with Crippen LogP contribution >= 0.6 is 11.6 Å². The minimum atomic E-state index is -4.06. The average Bonchev–Trinajstić information content (AvgIpc) is 2.15. The molecule has 0 heterocycles. The van der Waals surface area contributed by atoms with E-state index in [2.05, 4.69) is 0 Å². The van der Waals surface area contributed by atoms with Crippen LogP contribution in [0.25, 0.3) is 0 Å². The second-order valence-corrected chi connectivity index (χ2v) is 4.62. The summed E-state index contributed by atoms with van der Waals surface area (Å²) in [6.07, 6.45) is 0. The van der Waals surface area contributed by atoms with E-state index in [1.54, 1.807) is 0 Å². The summed E-state index contributed by atoms with van der Waals surface area (Å²) in [5, 5.41) is 4.85. The maximum atomic E-state index is 12.5. The van der Waals surface area contributed by atoms with Gasteiger partial charge in [0, 0.05) is 5.56 Å². The molecule has 0 aliphatic heterocycles. The SMILES string of the molecule is NS(=O)(=O)c1ccccc1C(=O)C(F)Cl. The first-order valence-corrected chi connectivity index (χ1v) is 5.76. The molecule has 0 radical (unpaired) electrons. The van der Waals surface area contributed by atoms with Crippen LogP contribution in [-0.2, 0) is 10.0 Å². The Morgan fingerprint density at radius 3 is 2.40 bits per heavy atom. The van der Waals surface area contributed by atoms with Gasteiger partial charge >= 0.3 is 0 Å². The van der Waals surface area contributed by atoms with Crippen molar-refractivity contribution in [1.82, 2.24) is 0 Å². The molecule has 15 heavy (non-hydrogen) atoms. The molecule has 7 heteroatoms. The van der Waals surface area contributed by atoms with Crippen molar-refractivity contribution < 1.29 is 17.6 Å². The number of ketones is 1. The Balaban J connectivity index is 3.38. The number of benzene rings is 1. The summed E-state index contributed by atoms with van der Waals surface area (Å²) in [6.45, 7) is 0. The van der Waals surface area contributed by atoms with Gasteiger partial charge in [-0.2, -0.15) is 0 Å². The number of carbonyl (C=O) groups excluding carboxylic acids is 1. The van der Waals surface area contributed by atoms with E-state index in [9.17, 15) is 17.6 Å². The van der Waals surface area contributed by atoms with Crippen molar-refractivity contribution in [3.63, 3.8) is 0 Å². The third kappa shape index (κ3) is 2.74. The average molecular weight is 252 g/mol. The predicted octanol–water partition coefficient (Wildman–Crippen LogP) is 1.05. The first-order valence-electron chi connectivity index (χ1n) is 3.78. The van der Waals surface area contributed by atoms with E-state index in [0.29, 0.717) is 0 Å². The molecule has 1 aromatic carbocycles. The van der Waals surface area contributed by atoms with E-state index in [0.717, 1.165) is 12.1 Å². The van der Waals surface area contributed by atoms with Crippen molar-refractivity contribution in [2.75, 3.05) is 0 Å². The Kier molecular flexibility index (Phi) is 3.43. The summed E-state index contributed by atoms with van der Waals surface area (Å²) in [6, 6.07) is 5.03. The number of Topliss-reactive ketones (excluding diaryl/α,β-unsaturated/α-hetero) is 1. The molecular formula is C8H7ClFNO3S. The van der Waals surface area contributed by atoms with E-state index in [1.807, 2.05) is 0 Å². The molecule has 2 N–H and O–H groups in total. The highest BCUT2D eigenvalue weighted by Gasteiger charge is 2.23. The van der Waals surface area contributed by atoms with Crippen molar-refractivity contribution in [3.8, 4) is 0 Å². The molecule has 0 bridgehead atoms. The van der Waals surface area contributed by atoms with E-state index in [4.69, 9.17) is 16.7 Å². The monoisotopic (exact) mass is 251 g/mol. The van der Waals surface area contributed by atoms with Gasteiger partial charge in [-0.05, 0) is 12.1 Å². The van der Waals surface area contributed by atoms with E-state index < -0.39 is 26.3 Å². The maximum absolute atomic E-state index is 12.5. The molecule has 0 aliphatic carbocycles. The normalized spacial score (nSPS) is 13.5. The standard InChI is InChI=1S/C8H7ClFNO3S/c9-8(10)7(12)5-3-1-2-4-6(5)15(11,13)14/h1-4,8H,(H2,11,13,14). The summed E-state index contributed by atoms with van der Waals surface area (Å²) in [4.78, 5) is 10.8. The van der Waals surface area contributed by atoms with Gasteiger partial charge < -0.3 is 0 Å². The number of primary sulfonamides is 1. The molecule has 0 spiro atoms. The molecule has 1 rings (SSSR count). The van der Waals surface area contributed by atoms with Crippen LogP contribution in [-0.4, -0.2) is 19.8 Å². The first-order chi connectivity index (χ1) is 6.84. The number of alkyl halides is 2. The molecule has 0 aromatic heterocycles. The van der Waals surface area contributed by atoms with Crippen LogP contribution in [0.4, 0.5) is 4.39 Å². The summed E-state index contributed by atoms with van der Waals surface area (Å²) in [5.74, 6) is -1.12. The number of halogens is 2. The van der Waals surface area contributed by atoms with Crippen molar-refractivity contribution in [2.24, 2.45) is 5.14 Å². The van der Waals surface area contributed by atoms with Gasteiger partial charge in [-0.25, -0.2) is 17.9 Å². The van der Waals surface area contributed by atoms with Crippen molar-refractivity contribution >= 4 is 27.4 Å². The summed E-state index contributed by atoms with van der Waals surface area (Å²) in [7, 11) is -4.06. The quantitative estimate of drug-likeness (QED) is 0.644. The van der Waals surface area contributed by atoms with Gasteiger partial charge in [0.25, 0.3) is 0 Å². The van der Waals surface area contributed by atoms with Gasteiger partial charge in [0.15, 0.2) is 0 Å². The van der Waals surface area contributed by atoms with Crippen LogP contribution in [0.1, 0.15) is 10.4 Å². The van der Waals surface area contributed by atoms with Crippen LogP contribution in [0.5, 0.6) is 0 Å². The zero-order chi connectivity index (χ0) is 11.6. The van der Waals surface area contributed by atoms with Crippen molar-refractivity contribution in [3.05, 3.63) is 29.8 Å². The highest BCUT2D eigenvalue weighted by Crippen LogP contribution is 2.17. The van der Waals surface area contributed by atoms with Crippen LogP contribution in [0.3, 0.4) is 0 Å². The van der Waals surface area contributed by atoms with Crippen LogP contribution in [0, 0.1) is 0 Å². The minimum absolute atomic E-state index is 0.345. The molecule has 1 aromatic rings. The Morgan fingerprint density at radius 1 is 1.40 bits per heavy atom. The van der Waals surface area contributed by atoms with Crippen LogP contribution in [0.15, 0.2) is 29.2 Å². The van der Waals surface area contributed by atoms with Gasteiger partial charge in [-0.1, -0.05) is 23.7 Å². The number of hydrogen-bond donors (Lipinski definition) is 1. The lowest BCUT2D eigenvalue weighted by Gasteiger charge is -2.05. The van der Waals surface area contributed by atoms with Gasteiger partial charge in [-0.15, -0.1) is 0 Å². The molecule has 0 saturated carbocycles. The smallest absolute Gasteiger partial charge is 0.238 e. The lowest BCUT2D eigenvalue weighted by molar-refractivity contribution is 0.0931. The lowest BCUT2D eigenvalue weighted by Crippen LogP contribution is -2.19. The topological polar surface area (TPSA) is 77.2 Å². The molecule has 4 nitrogen and oxygen atoms in total. The molecule has 1 unspecified atom stereocenters. The van der Waals surface area contributed by atoms with Gasteiger partial charge in [0.1, 0.15) is 0 Å². The Bertz CT molecular complexity index is 486. The van der Waals surface area contributed by atoms with E-state index >= 15 is 0 Å². The number of sulfonamides is 1. The van der Waals surface area contributed by atoms with Crippen LogP contribution in [0.2, 0.25) is 0 Å². The minimum Gasteiger partial charge on any atom is -0.289 e. The number of carbonyl (C=O) groups is 1. The van der Waals surface area contributed by atoms with Gasteiger partial charge in [0.05, 0.1) is 4.90 Å². The summed E-state index contributed by atoms with van der Waals surface area (Å²) in [5.41, 5.74) is -2.63. The van der Waals surface area contributed by atoms with Gasteiger partial charge in [0.2, 0.25) is 21.4 Å². The zero-order valence-corrected chi connectivity index (χ0v) is 8.93. The summed E-state index contributed by atoms with van der Waals surface area (Å²) >= 11 is 4.93. The van der Waals surface area contributed by atoms with E-state index in [-0.39, 0.29) is 5.56 Å². The van der Waals surface area contributed by atoms with Crippen molar-refractivity contribution in [1.29, 1.82) is 0 Å². The highest BCUT2D eigenvalue weighted by molar-refractivity contribution is 7.89. The Hall–Kier alpha value is -0.980. The highest BCUT2D eigenvalue weighted by atomic mass is 35.5. The lowest BCUT2D eigenvalue weighted by atomic mass is 10.1. The fourth-order valence-corrected chi connectivity index (χ4v) is 1.90. The molecule has 0 fully saturated rings. The third-order valence-electron chi connectivity index (χ3n) is 1.66. The molecule has 1 atom stereocenters. The van der Waals surface area contributed by atoms with Crippen molar-refractivity contribution in [2.45, 2.75) is 10.5 Å². The molecule has 82 valence electrons. The predicted molar refractivity (Wildman–Crippen MR) is 52.9 cm³/mol. The first kappa shape index (κ1) is 12.1. The fraction of sp³-hybridized carbons (Fsp3) is 0.125. The zero-order valence-electron chi connectivity index (χ0n) is 7.35. The largest absolute Gasteiger partial charge is 0.289 e. The maximum Gasteiger partial charge on any atom is 0.238 e. The molecule has 0 saturated heterocycles. The second-order valence-electron chi connectivity index (χ2n) is 2.71. The Morgan fingerprint density at radius 2 is 1.93 bits per heavy atom. The van der Waals surface area contributed by atoms with Crippen LogP contribution < -0.4 is 5.14 Å². The molecule has 0 amide bonds. The molecular weight excluding hydrogens is 245 g/mol. The number of hydrogen-bond acceptors (Lipinski definition) is 3. The second kappa shape index (κ2) is 4.26. The molecule has 0 aliphatic rings. The number of nitrogens with two attached hydrogens (primary N) is 1. The fourth-order valence-electron chi connectivity index (χ4n) is 1.04. The summed E-state index contributed by atoms with van der Waals surface area (Å²) < 4.78 is 34.6. The van der Waals surface area contributed by atoms with E-state index in [1.165, 1.54) is 12.1 Å². The number of rotatable bonds is 3.